The van der Waals surface area contributed by atoms with E-state index in [-0.39, 0.29) is 24.0 Å². The number of hydrogen-bond acceptors (Lipinski definition) is 5. The summed E-state index contributed by atoms with van der Waals surface area (Å²) >= 11 is 6.02. The van der Waals surface area contributed by atoms with Gasteiger partial charge in [0.05, 0.1) is 11.5 Å². The molecule has 2 aromatic carbocycles. The van der Waals surface area contributed by atoms with Crippen LogP contribution in [0.4, 0.5) is 0 Å². The molecule has 158 valence electrons. The zero-order valence-corrected chi connectivity index (χ0v) is 18.3. The van der Waals surface area contributed by atoms with Crippen LogP contribution in [0.5, 0.6) is 0 Å². The first kappa shape index (κ1) is 22.1. The van der Waals surface area contributed by atoms with Gasteiger partial charge >= 0.3 is 5.97 Å². The van der Waals surface area contributed by atoms with E-state index in [1.165, 1.54) is 17.0 Å². The molecule has 2 aromatic rings. The first-order valence-electron chi connectivity index (χ1n) is 9.45. The summed E-state index contributed by atoms with van der Waals surface area (Å²) in [7, 11) is -3.33. The van der Waals surface area contributed by atoms with E-state index in [9.17, 15) is 18.0 Å². The quantitative estimate of drug-likeness (QED) is 0.501. The number of carbonyl (C=O) groups excluding carboxylic acids is 2. The van der Waals surface area contributed by atoms with Gasteiger partial charge in [0.15, 0.2) is 9.84 Å². The molecule has 0 unspecified atom stereocenters. The second-order valence-electron chi connectivity index (χ2n) is 6.94. The smallest absolute Gasteiger partial charge is 0.325 e. The van der Waals surface area contributed by atoms with Gasteiger partial charge in [0.25, 0.3) is 5.91 Å². The van der Waals surface area contributed by atoms with Gasteiger partial charge in [0.2, 0.25) is 0 Å². The molecule has 1 heterocycles. The van der Waals surface area contributed by atoms with Crippen LogP contribution in [0.15, 0.2) is 59.0 Å². The Hall–Kier alpha value is -2.64. The molecule has 6 nitrogen and oxygen atoms in total. The molecule has 1 saturated heterocycles. The number of nitrogens with zero attached hydrogens (tertiary/aromatic N) is 1. The summed E-state index contributed by atoms with van der Waals surface area (Å²) in [4.78, 5) is 26.6. The van der Waals surface area contributed by atoms with E-state index in [4.69, 9.17) is 16.3 Å². The van der Waals surface area contributed by atoms with Gasteiger partial charge in [-0.2, -0.15) is 0 Å². The van der Waals surface area contributed by atoms with E-state index in [0.717, 1.165) is 11.8 Å². The number of likely N-dealkylation sites (tertiary alicyclic amines) is 1. The lowest BCUT2D eigenvalue weighted by Gasteiger charge is -2.16. The number of halogens is 1. The number of sulfone groups is 1. The van der Waals surface area contributed by atoms with Crippen molar-refractivity contribution in [1.29, 1.82) is 0 Å². The first-order valence-corrected chi connectivity index (χ1v) is 11.7. The molecule has 0 radical (unpaired) electrons. The van der Waals surface area contributed by atoms with Crippen LogP contribution >= 0.6 is 11.6 Å². The van der Waals surface area contributed by atoms with Crippen LogP contribution in [0.1, 0.15) is 24.5 Å². The Bertz CT molecular complexity index is 1090. The molecule has 0 aliphatic carbocycles. The maximum Gasteiger partial charge on any atom is 0.325 e. The highest BCUT2D eigenvalue weighted by Crippen LogP contribution is 2.33. The lowest BCUT2D eigenvalue weighted by Crippen LogP contribution is -2.32. The van der Waals surface area contributed by atoms with Gasteiger partial charge in [0.1, 0.15) is 6.54 Å². The van der Waals surface area contributed by atoms with Crippen LogP contribution in [-0.4, -0.2) is 51.1 Å². The summed E-state index contributed by atoms with van der Waals surface area (Å²) in [6, 6.07) is 13.5. The molecule has 0 N–H and O–H groups in total. The second kappa shape index (κ2) is 9.02. The van der Waals surface area contributed by atoms with E-state index in [0.29, 0.717) is 34.7 Å². The average Bonchev–Trinajstić information content (AvgIpc) is 3.04. The van der Waals surface area contributed by atoms with Crippen molar-refractivity contribution in [3.05, 3.63) is 70.3 Å². The molecule has 1 fully saturated rings. The van der Waals surface area contributed by atoms with Gasteiger partial charge in [-0.3, -0.25) is 9.59 Å². The molecule has 1 aliphatic heterocycles. The van der Waals surface area contributed by atoms with E-state index in [1.807, 2.05) is 12.1 Å². The minimum Gasteiger partial charge on any atom is -0.465 e. The van der Waals surface area contributed by atoms with E-state index in [2.05, 4.69) is 0 Å². The predicted octanol–water partition coefficient (Wildman–Crippen LogP) is 3.34. The molecule has 30 heavy (non-hydrogen) atoms. The third kappa shape index (κ3) is 4.91. The molecular weight excluding hydrogens is 426 g/mol. The summed E-state index contributed by atoms with van der Waals surface area (Å²) in [6.07, 6.45) is 1.61. The van der Waals surface area contributed by atoms with Crippen LogP contribution in [0.3, 0.4) is 0 Å². The van der Waals surface area contributed by atoms with Crippen molar-refractivity contribution >= 4 is 38.9 Å². The van der Waals surface area contributed by atoms with Crippen molar-refractivity contribution in [2.45, 2.75) is 18.2 Å². The molecular formula is C22H22ClNO5S. The van der Waals surface area contributed by atoms with Crippen molar-refractivity contribution in [3.8, 4) is 0 Å². The average molecular weight is 448 g/mol. The van der Waals surface area contributed by atoms with E-state index in [1.54, 1.807) is 31.2 Å². The number of hydrogen-bond donors (Lipinski definition) is 0. The summed E-state index contributed by atoms with van der Waals surface area (Å²) in [5.74, 6) is -0.683. The van der Waals surface area contributed by atoms with Crippen molar-refractivity contribution in [1.82, 2.24) is 4.90 Å². The van der Waals surface area contributed by atoms with Gasteiger partial charge in [-0.05, 0) is 54.3 Å². The Morgan fingerprint density at radius 3 is 2.17 bits per heavy atom. The van der Waals surface area contributed by atoms with Crippen LogP contribution < -0.4 is 0 Å². The highest BCUT2D eigenvalue weighted by atomic mass is 35.5. The Labute approximate surface area is 181 Å². The van der Waals surface area contributed by atoms with Gasteiger partial charge in [-0.25, -0.2) is 8.42 Å². The van der Waals surface area contributed by atoms with Crippen molar-refractivity contribution in [2.75, 3.05) is 26.0 Å². The lowest BCUT2D eigenvalue weighted by molar-refractivity contribution is -0.147. The predicted molar refractivity (Wildman–Crippen MR) is 115 cm³/mol. The number of esters is 1. The molecule has 0 saturated carbocycles. The van der Waals surface area contributed by atoms with Crippen molar-refractivity contribution in [3.63, 3.8) is 0 Å². The van der Waals surface area contributed by atoms with Crippen LogP contribution in [0.25, 0.3) is 5.57 Å². The maximum atomic E-state index is 13.1. The fourth-order valence-electron chi connectivity index (χ4n) is 3.39. The first-order chi connectivity index (χ1) is 14.2. The van der Waals surface area contributed by atoms with Crippen molar-refractivity contribution in [2.24, 2.45) is 0 Å². The summed E-state index contributed by atoms with van der Waals surface area (Å²) < 4.78 is 28.5. The number of benzene rings is 2. The fourth-order valence-corrected chi connectivity index (χ4v) is 4.15. The Balaban J connectivity index is 2.05. The SMILES string of the molecule is CCOC(=O)CN1CCC(=C(c2ccc(Cl)cc2)c2ccc(S(C)(=O)=O)cc2)C1=O. The van der Waals surface area contributed by atoms with Gasteiger partial charge in [-0.1, -0.05) is 35.9 Å². The third-order valence-corrected chi connectivity index (χ3v) is 6.19. The standard InChI is InChI=1S/C22H22ClNO5S/c1-3-29-20(25)14-24-13-12-19(22(24)26)21(15-4-8-17(23)9-5-15)16-6-10-18(11-7-16)30(2,27)28/h4-11H,3,12-14H2,1-2H3. The minimum absolute atomic E-state index is 0.100. The largest absolute Gasteiger partial charge is 0.465 e. The number of rotatable bonds is 6. The van der Waals surface area contributed by atoms with Gasteiger partial charge in [-0.15, -0.1) is 0 Å². The number of ether oxygens (including phenoxy) is 1. The highest BCUT2D eigenvalue weighted by Gasteiger charge is 2.31. The Kier molecular flexibility index (Phi) is 6.63. The number of carbonyl (C=O) groups is 2. The summed E-state index contributed by atoms with van der Waals surface area (Å²) in [5.41, 5.74) is 2.76. The molecule has 0 aromatic heterocycles. The normalized spacial score (nSPS) is 16.0. The Morgan fingerprint density at radius 2 is 1.63 bits per heavy atom. The highest BCUT2D eigenvalue weighted by molar-refractivity contribution is 7.90. The van der Waals surface area contributed by atoms with Crippen LogP contribution in [0.2, 0.25) is 5.02 Å². The molecule has 8 heteroatoms. The monoisotopic (exact) mass is 447 g/mol. The van der Waals surface area contributed by atoms with Crippen LogP contribution in [-0.2, 0) is 24.2 Å². The fraction of sp³-hybridized carbons (Fsp3) is 0.273. The van der Waals surface area contributed by atoms with E-state index < -0.39 is 15.8 Å². The van der Waals surface area contributed by atoms with Crippen molar-refractivity contribution < 1.29 is 22.7 Å². The molecule has 0 spiro atoms. The molecule has 1 aliphatic rings. The molecule has 0 atom stereocenters. The van der Waals surface area contributed by atoms with Gasteiger partial charge < -0.3 is 9.64 Å². The van der Waals surface area contributed by atoms with E-state index >= 15 is 0 Å². The molecule has 1 amide bonds. The lowest BCUT2D eigenvalue weighted by atomic mass is 9.92. The third-order valence-electron chi connectivity index (χ3n) is 4.81. The zero-order chi connectivity index (χ0) is 21.9. The number of amides is 1. The molecule has 3 rings (SSSR count). The zero-order valence-electron chi connectivity index (χ0n) is 16.7. The second-order valence-corrected chi connectivity index (χ2v) is 9.39. The topological polar surface area (TPSA) is 80.8 Å². The minimum atomic E-state index is -3.33. The van der Waals surface area contributed by atoms with Gasteiger partial charge in [0, 0.05) is 23.4 Å². The Morgan fingerprint density at radius 1 is 1.07 bits per heavy atom. The summed E-state index contributed by atoms with van der Waals surface area (Å²) in [5, 5.41) is 0.567. The summed E-state index contributed by atoms with van der Waals surface area (Å²) in [6.45, 7) is 2.28. The maximum absolute atomic E-state index is 13.1. The molecule has 0 bridgehead atoms. The van der Waals surface area contributed by atoms with Crippen LogP contribution in [0, 0.1) is 0 Å².